The van der Waals surface area contributed by atoms with Gasteiger partial charge in [0.05, 0.1) is 30.2 Å². The van der Waals surface area contributed by atoms with Crippen LogP contribution in [0.3, 0.4) is 0 Å². The average Bonchev–Trinajstić information content (AvgIpc) is 3.21. The highest BCUT2D eigenvalue weighted by Gasteiger charge is 2.33. The number of nitrogens with two attached hydrogens (primary N) is 1. The first-order valence-corrected chi connectivity index (χ1v) is 21.7. The van der Waals surface area contributed by atoms with E-state index in [4.69, 9.17) is 15.2 Å². The lowest BCUT2D eigenvalue weighted by molar-refractivity contribution is -0.253. The van der Waals surface area contributed by atoms with Gasteiger partial charge in [-0.25, -0.2) is 0 Å². The van der Waals surface area contributed by atoms with Gasteiger partial charge in [0.25, 0.3) is 0 Å². The van der Waals surface area contributed by atoms with E-state index in [1.165, 1.54) is 77.0 Å². The van der Waals surface area contributed by atoms with E-state index in [-0.39, 0.29) is 30.6 Å². The molecule has 3 aromatic carbocycles. The molecule has 0 saturated carbocycles. The van der Waals surface area contributed by atoms with Gasteiger partial charge in [-0.2, -0.15) is 0 Å². The van der Waals surface area contributed by atoms with Crippen LogP contribution in [-0.2, 0) is 25.7 Å². The fourth-order valence-electron chi connectivity index (χ4n) is 7.37. The number of amides is 2. The predicted octanol–water partition coefficient (Wildman–Crippen LogP) is 10.9. The number of carbonyl (C=O) groups is 2. The van der Waals surface area contributed by atoms with Crippen molar-refractivity contribution >= 4 is 28.9 Å². The number of nitrogen functional groups attached to an aromatic ring is 1. The predicted molar refractivity (Wildman–Crippen MR) is 229 cm³/mol. The molecular formula is C47H70N4O5. The summed E-state index contributed by atoms with van der Waals surface area (Å²) in [6.07, 6.45) is 18.5. The molecule has 0 aliphatic carbocycles. The van der Waals surface area contributed by atoms with Gasteiger partial charge in [-0.05, 0) is 74.2 Å². The second kappa shape index (κ2) is 26.2. The number of aliphatic hydroxyl groups is 1. The van der Waals surface area contributed by atoms with E-state index in [0.29, 0.717) is 37.1 Å². The third-order valence-corrected chi connectivity index (χ3v) is 10.7. The summed E-state index contributed by atoms with van der Waals surface area (Å²) >= 11 is 0. The van der Waals surface area contributed by atoms with Gasteiger partial charge in [-0.1, -0.05) is 133 Å². The van der Waals surface area contributed by atoms with E-state index in [2.05, 4.69) is 41.5 Å². The van der Waals surface area contributed by atoms with Crippen LogP contribution in [0.5, 0.6) is 0 Å². The third kappa shape index (κ3) is 16.8. The molecule has 0 radical (unpaired) electrons. The Labute approximate surface area is 337 Å². The molecule has 1 heterocycles. The smallest absolute Gasteiger partial charge is 0.224 e. The summed E-state index contributed by atoms with van der Waals surface area (Å²) in [5.41, 5.74) is 10.7. The van der Waals surface area contributed by atoms with E-state index in [9.17, 15) is 14.7 Å². The fourth-order valence-corrected chi connectivity index (χ4v) is 7.37. The molecule has 1 fully saturated rings. The maximum atomic E-state index is 12.8. The van der Waals surface area contributed by atoms with E-state index in [0.717, 1.165) is 54.9 Å². The first-order valence-electron chi connectivity index (χ1n) is 21.7. The number of para-hydroxylation sites is 2. The molecule has 0 aromatic heterocycles. The summed E-state index contributed by atoms with van der Waals surface area (Å²) in [4.78, 5) is 27.7. The molecule has 56 heavy (non-hydrogen) atoms. The molecule has 3 atom stereocenters. The zero-order valence-corrected chi connectivity index (χ0v) is 34.3. The van der Waals surface area contributed by atoms with Crippen LogP contribution in [0.25, 0.3) is 0 Å². The minimum atomic E-state index is -0.540. The quantitative estimate of drug-likeness (QED) is 0.0449. The lowest BCUT2D eigenvalue weighted by atomic mass is 9.99. The Hall–Kier alpha value is -3.76. The first-order chi connectivity index (χ1) is 27.4. The molecule has 9 heteroatoms. The number of hydrogen-bond donors (Lipinski definition) is 4. The summed E-state index contributed by atoms with van der Waals surface area (Å²) in [6, 6.07) is 23.1. The Balaban J connectivity index is 1.31. The Morgan fingerprint density at radius 3 is 1.84 bits per heavy atom. The van der Waals surface area contributed by atoms with Crippen LogP contribution in [0.2, 0.25) is 0 Å². The van der Waals surface area contributed by atoms with Crippen molar-refractivity contribution in [3.05, 3.63) is 89.5 Å². The van der Waals surface area contributed by atoms with Crippen LogP contribution in [0.1, 0.15) is 159 Å². The van der Waals surface area contributed by atoms with Gasteiger partial charge in [-0.3, -0.25) is 9.59 Å². The molecule has 0 unspecified atom stereocenters. The van der Waals surface area contributed by atoms with Crippen LogP contribution >= 0.6 is 0 Å². The molecule has 9 nitrogen and oxygen atoms in total. The van der Waals surface area contributed by atoms with Crippen molar-refractivity contribution in [2.24, 2.45) is 0 Å². The van der Waals surface area contributed by atoms with Crippen LogP contribution < -0.4 is 16.4 Å². The lowest BCUT2D eigenvalue weighted by Gasteiger charge is -2.38. The maximum absolute atomic E-state index is 12.8. The zero-order chi connectivity index (χ0) is 39.8. The number of unbranched alkanes of at least 4 members (excludes halogenated alkanes) is 12. The van der Waals surface area contributed by atoms with Crippen LogP contribution in [0, 0.1) is 0 Å². The van der Waals surface area contributed by atoms with Crippen molar-refractivity contribution in [1.29, 1.82) is 0 Å². The summed E-state index contributed by atoms with van der Waals surface area (Å²) in [5.74, 6) is -0.124. The summed E-state index contributed by atoms with van der Waals surface area (Å²) < 4.78 is 13.4. The van der Waals surface area contributed by atoms with Crippen molar-refractivity contribution < 1.29 is 24.2 Å². The number of aliphatic hydroxyl groups excluding tert-OH is 1. The largest absolute Gasteiger partial charge is 0.397 e. The summed E-state index contributed by atoms with van der Waals surface area (Å²) in [7, 11) is 0. The minimum absolute atomic E-state index is 0.00150. The van der Waals surface area contributed by atoms with Crippen molar-refractivity contribution in [2.45, 2.75) is 155 Å². The molecule has 2 amide bonds. The minimum Gasteiger partial charge on any atom is -0.397 e. The SMILES string of the molecule is CCCCCCCCN(CCCCCCCC)C[C@@H]1C[C@H](c2ccc(CO)cc2)O[C@H](c2ccc(NC(=O)CCCCCC(=O)Nc3ccccc3N)cc2)O1. The van der Waals surface area contributed by atoms with Crippen LogP contribution in [0.15, 0.2) is 72.8 Å². The normalized spacial score (nSPS) is 16.9. The lowest BCUT2D eigenvalue weighted by Crippen LogP contribution is -2.40. The van der Waals surface area contributed by atoms with Gasteiger partial charge in [0.15, 0.2) is 6.29 Å². The van der Waals surface area contributed by atoms with Gasteiger partial charge in [0.2, 0.25) is 11.8 Å². The molecule has 0 bridgehead atoms. The average molecular weight is 771 g/mol. The van der Waals surface area contributed by atoms with Gasteiger partial charge in [0.1, 0.15) is 0 Å². The van der Waals surface area contributed by atoms with E-state index in [1.54, 1.807) is 12.1 Å². The van der Waals surface area contributed by atoms with Crippen molar-refractivity contribution in [2.75, 3.05) is 36.0 Å². The topological polar surface area (TPSA) is 126 Å². The van der Waals surface area contributed by atoms with E-state index in [1.807, 2.05) is 48.5 Å². The molecule has 1 aliphatic heterocycles. The summed E-state index contributed by atoms with van der Waals surface area (Å²) in [5, 5.41) is 15.5. The molecule has 1 aliphatic rings. The van der Waals surface area contributed by atoms with Crippen molar-refractivity contribution in [3.8, 4) is 0 Å². The highest BCUT2D eigenvalue weighted by atomic mass is 16.7. The van der Waals surface area contributed by atoms with Gasteiger partial charge in [0, 0.05) is 37.1 Å². The molecule has 5 N–H and O–H groups in total. The van der Waals surface area contributed by atoms with Crippen molar-refractivity contribution in [3.63, 3.8) is 0 Å². The number of hydrogen-bond acceptors (Lipinski definition) is 7. The van der Waals surface area contributed by atoms with Gasteiger partial charge < -0.3 is 35.8 Å². The Bertz CT molecular complexity index is 1520. The van der Waals surface area contributed by atoms with E-state index >= 15 is 0 Å². The highest BCUT2D eigenvalue weighted by molar-refractivity contribution is 5.93. The first kappa shape index (κ1) is 44.9. The second-order valence-corrected chi connectivity index (χ2v) is 15.6. The van der Waals surface area contributed by atoms with Crippen LogP contribution in [0.4, 0.5) is 17.1 Å². The molecular weight excluding hydrogens is 701 g/mol. The molecule has 0 spiro atoms. The maximum Gasteiger partial charge on any atom is 0.224 e. The van der Waals surface area contributed by atoms with Crippen molar-refractivity contribution in [1.82, 2.24) is 4.90 Å². The number of nitrogens with zero attached hydrogens (tertiary/aromatic N) is 1. The number of nitrogens with one attached hydrogen (secondary N) is 2. The Morgan fingerprint density at radius 1 is 0.679 bits per heavy atom. The zero-order valence-electron chi connectivity index (χ0n) is 34.3. The molecule has 1 saturated heterocycles. The molecule has 308 valence electrons. The second-order valence-electron chi connectivity index (χ2n) is 15.6. The van der Waals surface area contributed by atoms with Gasteiger partial charge >= 0.3 is 0 Å². The number of anilines is 3. The van der Waals surface area contributed by atoms with Gasteiger partial charge in [-0.15, -0.1) is 0 Å². The highest BCUT2D eigenvalue weighted by Crippen LogP contribution is 2.38. The summed E-state index contributed by atoms with van der Waals surface area (Å²) in [6.45, 7) is 7.61. The molecule has 4 rings (SSSR count). The third-order valence-electron chi connectivity index (χ3n) is 10.7. The molecule has 3 aromatic rings. The number of rotatable bonds is 27. The standard InChI is InChI=1S/C47H70N4O5/c1-3-5-7-9-11-18-32-51(33-19-12-10-8-6-4-2)35-41-34-44(38-26-24-37(36-52)25-27-38)56-47(55-41)39-28-30-40(31-29-39)49-45(53)22-14-13-15-23-46(54)50-43-21-17-16-20-42(43)48/h16-17,20-21,24-31,41,44,47,52H,3-15,18-19,22-23,32-36,48H2,1-2H3,(H,49,53)(H,50,54)/t41-,44+,47+/m0/s1. The number of benzene rings is 3. The Kier molecular flexibility index (Phi) is 21.0. The number of ether oxygens (including phenoxy) is 2. The van der Waals surface area contributed by atoms with E-state index < -0.39 is 6.29 Å². The Morgan fingerprint density at radius 2 is 1.23 bits per heavy atom. The monoisotopic (exact) mass is 771 g/mol. The van der Waals surface area contributed by atoms with Crippen LogP contribution in [-0.4, -0.2) is 47.6 Å². The number of carbonyl (C=O) groups excluding carboxylic acids is 2. The fraction of sp³-hybridized carbons (Fsp3) is 0.574.